The summed E-state index contributed by atoms with van der Waals surface area (Å²) >= 11 is 0. The van der Waals surface area contributed by atoms with Gasteiger partial charge in [-0.3, -0.25) is 4.72 Å². The fourth-order valence-electron chi connectivity index (χ4n) is 3.10. The van der Waals surface area contributed by atoms with Crippen LogP contribution in [0.25, 0.3) is 0 Å². The highest BCUT2D eigenvalue weighted by Crippen LogP contribution is 2.47. The number of hydrogen-bond acceptors (Lipinski definition) is 4. The SMILES string of the molecule is O=S(=O)(Nc1ccc2c(c1)OC1(CCCC1)O2)c1ccc(F)cc1. The average molecular weight is 349 g/mol. The zero-order chi connectivity index (χ0) is 16.8. The summed E-state index contributed by atoms with van der Waals surface area (Å²) in [7, 11) is -3.79. The number of benzene rings is 2. The van der Waals surface area contributed by atoms with E-state index in [-0.39, 0.29) is 4.90 Å². The van der Waals surface area contributed by atoms with Crippen LogP contribution < -0.4 is 14.2 Å². The second kappa shape index (κ2) is 5.37. The van der Waals surface area contributed by atoms with Crippen LogP contribution in [0.5, 0.6) is 11.5 Å². The maximum atomic E-state index is 13.0. The van der Waals surface area contributed by atoms with E-state index in [9.17, 15) is 12.8 Å². The van der Waals surface area contributed by atoms with Gasteiger partial charge in [0.25, 0.3) is 15.8 Å². The number of nitrogens with one attached hydrogen (secondary N) is 1. The van der Waals surface area contributed by atoms with E-state index < -0.39 is 21.6 Å². The minimum Gasteiger partial charge on any atom is -0.448 e. The predicted molar refractivity (Wildman–Crippen MR) is 86.1 cm³/mol. The van der Waals surface area contributed by atoms with Crippen molar-refractivity contribution in [2.75, 3.05) is 4.72 Å². The molecule has 1 N–H and O–H groups in total. The number of anilines is 1. The first-order valence-corrected chi connectivity index (χ1v) is 9.25. The molecule has 1 fully saturated rings. The Labute approximate surface area is 139 Å². The highest BCUT2D eigenvalue weighted by Gasteiger charge is 2.44. The van der Waals surface area contributed by atoms with Crippen molar-refractivity contribution in [3.05, 3.63) is 48.3 Å². The third-order valence-corrected chi connectivity index (χ3v) is 5.67. The van der Waals surface area contributed by atoms with Gasteiger partial charge in [-0.15, -0.1) is 0 Å². The van der Waals surface area contributed by atoms with Crippen LogP contribution in [0.4, 0.5) is 10.1 Å². The molecule has 1 aliphatic carbocycles. The predicted octanol–water partition coefficient (Wildman–Crippen LogP) is 3.67. The molecule has 5 nitrogen and oxygen atoms in total. The van der Waals surface area contributed by atoms with Gasteiger partial charge in [-0.25, -0.2) is 12.8 Å². The van der Waals surface area contributed by atoms with Crippen molar-refractivity contribution in [2.24, 2.45) is 0 Å². The van der Waals surface area contributed by atoms with E-state index in [1.165, 1.54) is 12.1 Å². The molecule has 1 saturated carbocycles. The minimum atomic E-state index is -3.79. The zero-order valence-electron chi connectivity index (χ0n) is 12.8. The third-order valence-electron chi connectivity index (χ3n) is 4.28. The normalized spacial score (nSPS) is 18.0. The van der Waals surface area contributed by atoms with Gasteiger partial charge in [-0.05, 0) is 49.2 Å². The van der Waals surface area contributed by atoms with Crippen LogP contribution in [-0.4, -0.2) is 14.2 Å². The molecule has 126 valence electrons. The van der Waals surface area contributed by atoms with Gasteiger partial charge in [-0.1, -0.05) is 0 Å². The Balaban J connectivity index is 1.57. The van der Waals surface area contributed by atoms with E-state index in [1.807, 2.05) is 0 Å². The minimum absolute atomic E-state index is 0.00571. The lowest BCUT2D eigenvalue weighted by Crippen LogP contribution is -2.34. The third kappa shape index (κ3) is 2.69. The lowest BCUT2D eigenvalue weighted by Gasteiger charge is -2.21. The summed E-state index contributed by atoms with van der Waals surface area (Å²) in [6.45, 7) is 0. The van der Waals surface area contributed by atoms with Crippen LogP contribution in [0.3, 0.4) is 0 Å². The van der Waals surface area contributed by atoms with E-state index >= 15 is 0 Å². The highest BCUT2D eigenvalue weighted by atomic mass is 32.2. The number of halogens is 1. The van der Waals surface area contributed by atoms with Gasteiger partial charge in [0, 0.05) is 18.9 Å². The molecule has 0 unspecified atom stereocenters. The highest BCUT2D eigenvalue weighted by molar-refractivity contribution is 7.92. The van der Waals surface area contributed by atoms with Gasteiger partial charge >= 0.3 is 0 Å². The number of fused-ring (bicyclic) bond motifs is 1. The Morgan fingerprint density at radius 1 is 0.958 bits per heavy atom. The van der Waals surface area contributed by atoms with E-state index in [0.29, 0.717) is 17.2 Å². The number of ether oxygens (including phenoxy) is 2. The molecule has 1 heterocycles. The maximum absolute atomic E-state index is 13.0. The second-order valence-corrected chi connectivity index (χ2v) is 7.73. The second-order valence-electron chi connectivity index (χ2n) is 6.04. The number of sulfonamides is 1. The molecule has 7 heteroatoms. The van der Waals surface area contributed by atoms with Crippen LogP contribution >= 0.6 is 0 Å². The number of hydrogen-bond donors (Lipinski definition) is 1. The zero-order valence-corrected chi connectivity index (χ0v) is 13.6. The molecule has 2 aromatic carbocycles. The molecular weight excluding hydrogens is 333 g/mol. The summed E-state index contributed by atoms with van der Waals surface area (Å²) in [6.07, 6.45) is 3.77. The fourth-order valence-corrected chi connectivity index (χ4v) is 4.15. The van der Waals surface area contributed by atoms with Gasteiger partial charge < -0.3 is 9.47 Å². The van der Waals surface area contributed by atoms with Gasteiger partial charge in [0.15, 0.2) is 11.5 Å². The topological polar surface area (TPSA) is 64.6 Å². The fraction of sp³-hybridized carbons (Fsp3) is 0.294. The van der Waals surface area contributed by atoms with Crippen LogP contribution in [0.1, 0.15) is 25.7 Å². The van der Waals surface area contributed by atoms with Crippen LogP contribution in [0, 0.1) is 5.82 Å². The van der Waals surface area contributed by atoms with E-state index in [1.54, 1.807) is 18.2 Å². The maximum Gasteiger partial charge on any atom is 0.261 e. The molecule has 1 spiro atoms. The molecule has 4 rings (SSSR count). The lowest BCUT2D eigenvalue weighted by atomic mass is 10.2. The monoisotopic (exact) mass is 349 g/mol. The van der Waals surface area contributed by atoms with Gasteiger partial charge in [0.1, 0.15) is 5.82 Å². The van der Waals surface area contributed by atoms with Gasteiger partial charge in [0.2, 0.25) is 0 Å². The Kier molecular flexibility index (Phi) is 3.42. The summed E-state index contributed by atoms with van der Waals surface area (Å²) in [6, 6.07) is 9.60. The first-order chi connectivity index (χ1) is 11.5. The molecule has 24 heavy (non-hydrogen) atoms. The van der Waals surface area contributed by atoms with Gasteiger partial charge in [0.05, 0.1) is 10.6 Å². The Morgan fingerprint density at radius 3 is 2.33 bits per heavy atom. The van der Waals surface area contributed by atoms with Crippen molar-refractivity contribution in [1.82, 2.24) is 0 Å². The Bertz CT molecular complexity index is 874. The van der Waals surface area contributed by atoms with Crippen molar-refractivity contribution < 1.29 is 22.3 Å². The van der Waals surface area contributed by atoms with Crippen molar-refractivity contribution in [3.63, 3.8) is 0 Å². The molecule has 0 aromatic heterocycles. The summed E-state index contributed by atoms with van der Waals surface area (Å²) in [5.41, 5.74) is 0.372. The summed E-state index contributed by atoms with van der Waals surface area (Å²) < 4.78 is 52.0. The lowest BCUT2D eigenvalue weighted by molar-refractivity contribution is -0.0716. The van der Waals surface area contributed by atoms with E-state index in [2.05, 4.69) is 4.72 Å². The largest absolute Gasteiger partial charge is 0.448 e. The van der Waals surface area contributed by atoms with E-state index in [0.717, 1.165) is 37.8 Å². The molecular formula is C17H16FNO4S. The molecule has 1 aliphatic heterocycles. The van der Waals surface area contributed by atoms with Crippen LogP contribution in [-0.2, 0) is 10.0 Å². The summed E-state index contributed by atoms with van der Waals surface area (Å²) in [5.74, 6) is 0.0910. The summed E-state index contributed by atoms with van der Waals surface area (Å²) in [5, 5.41) is 0. The quantitative estimate of drug-likeness (QED) is 0.918. The van der Waals surface area contributed by atoms with Crippen molar-refractivity contribution in [2.45, 2.75) is 36.4 Å². The van der Waals surface area contributed by atoms with Crippen molar-refractivity contribution in [1.29, 1.82) is 0 Å². The number of rotatable bonds is 3. The van der Waals surface area contributed by atoms with E-state index in [4.69, 9.17) is 9.47 Å². The molecule has 2 aliphatic rings. The molecule has 0 bridgehead atoms. The smallest absolute Gasteiger partial charge is 0.261 e. The van der Waals surface area contributed by atoms with Crippen LogP contribution in [0.2, 0.25) is 0 Å². The average Bonchev–Trinajstić information content (AvgIpc) is 3.13. The van der Waals surface area contributed by atoms with Gasteiger partial charge in [-0.2, -0.15) is 0 Å². The van der Waals surface area contributed by atoms with Crippen LogP contribution in [0.15, 0.2) is 47.4 Å². The molecule has 0 saturated heterocycles. The molecule has 2 aromatic rings. The molecule has 0 radical (unpaired) electrons. The molecule has 0 atom stereocenters. The van der Waals surface area contributed by atoms with Crippen molar-refractivity contribution >= 4 is 15.7 Å². The summed E-state index contributed by atoms with van der Waals surface area (Å²) in [4.78, 5) is -0.00571. The molecule has 0 amide bonds. The first-order valence-electron chi connectivity index (χ1n) is 7.76. The standard InChI is InChI=1S/C17H16FNO4S/c18-12-3-6-14(7-4-12)24(20,21)19-13-5-8-15-16(11-13)23-17(22-15)9-1-2-10-17/h3-8,11,19H,1-2,9-10H2. The Hall–Kier alpha value is -2.28. The first kappa shape index (κ1) is 15.3. The van der Waals surface area contributed by atoms with Crippen molar-refractivity contribution in [3.8, 4) is 11.5 Å². The Morgan fingerprint density at radius 2 is 1.62 bits per heavy atom.